The third kappa shape index (κ3) is 10.6. The Morgan fingerprint density at radius 3 is 2.23 bits per heavy atom. The lowest BCUT2D eigenvalue weighted by Crippen LogP contribution is -2.04. The monoisotopic (exact) mass is 359 g/mol. The summed E-state index contributed by atoms with van der Waals surface area (Å²) in [6.07, 6.45) is 15.0. The fraction of sp³-hybridized carbons (Fsp3) is 0.571. The minimum Gasteiger partial charge on any atom is -0.481 e. The zero-order valence-electron chi connectivity index (χ0n) is 16.7. The van der Waals surface area contributed by atoms with Crippen LogP contribution in [0.25, 0.3) is 0 Å². The lowest BCUT2D eigenvalue weighted by atomic mass is 10.1. The van der Waals surface area contributed by atoms with Crippen LogP contribution in [0.4, 0.5) is 0 Å². The number of nitrogens with zero attached hydrogens (tertiary/aromatic N) is 3. The summed E-state index contributed by atoms with van der Waals surface area (Å²) in [6.45, 7) is 9.05. The Kier molecular flexibility index (Phi) is 10.3. The van der Waals surface area contributed by atoms with Crippen molar-refractivity contribution >= 4 is 5.97 Å². The van der Waals surface area contributed by atoms with E-state index in [2.05, 4.69) is 56.2 Å². The highest BCUT2D eigenvalue weighted by atomic mass is 16.4. The van der Waals surface area contributed by atoms with Gasteiger partial charge in [0, 0.05) is 6.20 Å². The van der Waals surface area contributed by atoms with Crippen molar-refractivity contribution in [3.8, 4) is 0 Å². The predicted octanol–water partition coefficient (Wildman–Crippen LogP) is 5.10. The van der Waals surface area contributed by atoms with Crippen LogP contribution in [-0.2, 0) is 17.8 Å². The zero-order valence-corrected chi connectivity index (χ0v) is 16.7. The second kappa shape index (κ2) is 12.2. The van der Waals surface area contributed by atoms with Gasteiger partial charge in [0.05, 0.1) is 18.7 Å². The van der Waals surface area contributed by atoms with Gasteiger partial charge in [-0.25, -0.2) is 0 Å². The lowest BCUT2D eigenvalue weighted by molar-refractivity contribution is -0.137. The Hall–Kier alpha value is -2.17. The van der Waals surface area contributed by atoms with E-state index in [1.54, 1.807) is 4.68 Å². The van der Waals surface area contributed by atoms with E-state index < -0.39 is 5.97 Å². The average Bonchev–Trinajstić information content (AvgIpc) is 3.00. The van der Waals surface area contributed by atoms with E-state index in [0.717, 1.165) is 44.2 Å². The second-order valence-corrected chi connectivity index (χ2v) is 7.12. The van der Waals surface area contributed by atoms with E-state index in [1.807, 2.05) is 6.20 Å². The Balaban J connectivity index is 2.27. The first-order valence-corrected chi connectivity index (χ1v) is 9.42. The molecule has 1 N–H and O–H groups in total. The summed E-state index contributed by atoms with van der Waals surface area (Å²) in [6, 6.07) is 0. The highest BCUT2D eigenvalue weighted by Gasteiger charge is 2.02. The third-order valence-electron chi connectivity index (χ3n) is 4.16. The van der Waals surface area contributed by atoms with Crippen LogP contribution >= 0.6 is 0 Å². The van der Waals surface area contributed by atoms with Crippen molar-refractivity contribution in [1.82, 2.24) is 15.0 Å². The number of allylic oxidation sites excluding steroid dienone is 6. The molecule has 0 saturated carbocycles. The molecule has 0 spiro atoms. The van der Waals surface area contributed by atoms with Gasteiger partial charge < -0.3 is 5.11 Å². The summed E-state index contributed by atoms with van der Waals surface area (Å²) in [5, 5.41) is 16.7. The molecular weight excluding hydrogens is 326 g/mol. The number of carboxylic acid groups (broad SMARTS) is 1. The number of aromatic nitrogens is 3. The highest BCUT2D eigenvalue weighted by molar-refractivity contribution is 5.66. The number of aliphatic carboxylic acids is 1. The summed E-state index contributed by atoms with van der Waals surface area (Å²) < 4.78 is 1.60. The Morgan fingerprint density at radius 1 is 1.00 bits per heavy atom. The Morgan fingerprint density at radius 2 is 1.62 bits per heavy atom. The molecule has 0 aliphatic carbocycles. The Labute approximate surface area is 157 Å². The van der Waals surface area contributed by atoms with Crippen LogP contribution in [0.5, 0.6) is 0 Å². The van der Waals surface area contributed by atoms with Crippen LogP contribution in [0.2, 0.25) is 0 Å². The van der Waals surface area contributed by atoms with Gasteiger partial charge in [-0.15, -0.1) is 5.10 Å². The van der Waals surface area contributed by atoms with Gasteiger partial charge in [-0.2, -0.15) is 0 Å². The van der Waals surface area contributed by atoms with Crippen molar-refractivity contribution in [2.75, 3.05) is 0 Å². The van der Waals surface area contributed by atoms with E-state index in [1.165, 1.54) is 16.7 Å². The highest BCUT2D eigenvalue weighted by Crippen LogP contribution is 2.12. The maximum Gasteiger partial charge on any atom is 0.305 e. The quantitative estimate of drug-likeness (QED) is 0.527. The Bertz CT molecular complexity index is 650. The molecule has 1 aromatic heterocycles. The molecule has 0 bridgehead atoms. The number of carboxylic acids is 1. The molecule has 0 aromatic carbocycles. The van der Waals surface area contributed by atoms with Gasteiger partial charge >= 0.3 is 5.97 Å². The van der Waals surface area contributed by atoms with Gasteiger partial charge in [0.2, 0.25) is 0 Å². The fourth-order valence-electron chi connectivity index (χ4n) is 2.58. The molecule has 0 atom stereocenters. The van der Waals surface area contributed by atoms with Crippen LogP contribution in [0.1, 0.15) is 71.9 Å². The fourth-order valence-corrected chi connectivity index (χ4v) is 2.58. The molecule has 0 radical (unpaired) electrons. The van der Waals surface area contributed by atoms with Crippen molar-refractivity contribution in [2.45, 2.75) is 79.2 Å². The first kappa shape index (κ1) is 21.9. The molecule has 5 heteroatoms. The number of rotatable bonds is 12. The average molecular weight is 360 g/mol. The smallest absolute Gasteiger partial charge is 0.305 e. The van der Waals surface area contributed by atoms with Crippen LogP contribution in [-0.4, -0.2) is 26.1 Å². The SMILES string of the molecule is CC(C)=CCC/C(C)=C/CC/C(C)=C/CCc1cn(CCC(=O)O)nn1. The lowest BCUT2D eigenvalue weighted by Gasteiger charge is -2.01. The first-order chi connectivity index (χ1) is 12.4. The summed E-state index contributed by atoms with van der Waals surface area (Å²) in [5.74, 6) is -0.818. The predicted molar refractivity (Wildman–Crippen MR) is 106 cm³/mol. The summed E-state index contributed by atoms with van der Waals surface area (Å²) in [4.78, 5) is 10.6. The van der Waals surface area contributed by atoms with Gasteiger partial charge in [0.1, 0.15) is 0 Å². The zero-order chi connectivity index (χ0) is 19.4. The summed E-state index contributed by atoms with van der Waals surface area (Å²) >= 11 is 0. The number of hydrogen-bond donors (Lipinski definition) is 1. The normalized spacial score (nSPS) is 12.3. The van der Waals surface area contributed by atoms with Crippen molar-refractivity contribution < 1.29 is 9.90 Å². The molecule has 144 valence electrons. The molecule has 1 rings (SSSR count). The first-order valence-electron chi connectivity index (χ1n) is 9.42. The minimum atomic E-state index is -0.818. The third-order valence-corrected chi connectivity index (χ3v) is 4.16. The second-order valence-electron chi connectivity index (χ2n) is 7.12. The molecule has 0 saturated heterocycles. The molecule has 0 aliphatic rings. The van der Waals surface area contributed by atoms with Crippen molar-refractivity contribution in [1.29, 1.82) is 0 Å². The van der Waals surface area contributed by atoms with E-state index >= 15 is 0 Å². The van der Waals surface area contributed by atoms with Gasteiger partial charge in [0.15, 0.2) is 0 Å². The number of hydrogen-bond acceptors (Lipinski definition) is 3. The van der Waals surface area contributed by atoms with Gasteiger partial charge in [-0.3, -0.25) is 9.48 Å². The van der Waals surface area contributed by atoms with Crippen LogP contribution in [0, 0.1) is 0 Å². The van der Waals surface area contributed by atoms with E-state index in [9.17, 15) is 4.79 Å². The molecule has 0 aliphatic heterocycles. The molecular formula is C21H33N3O2. The number of aryl methyl sites for hydroxylation is 2. The molecule has 0 unspecified atom stereocenters. The summed E-state index contributed by atoms with van der Waals surface area (Å²) in [5.41, 5.74) is 5.16. The summed E-state index contributed by atoms with van der Waals surface area (Å²) in [7, 11) is 0. The van der Waals surface area contributed by atoms with Gasteiger partial charge in [-0.05, 0) is 66.2 Å². The van der Waals surface area contributed by atoms with Crippen LogP contribution in [0.3, 0.4) is 0 Å². The van der Waals surface area contributed by atoms with Gasteiger partial charge in [0.25, 0.3) is 0 Å². The molecule has 5 nitrogen and oxygen atoms in total. The van der Waals surface area contributed by atoms with Crippen molar-refractivity contribution in [2.24, 2.45) is 0 Å². The van der Waals surface area contributed by atoms with E-state index in [4.69, 9.17) is 5.11 Å². The van der Waals surface area contributed by atoms with E-state index in [0.29, 0.717) is 6.54 Å². The van der Waals surface area contributed by atoms with E-state index in [-0.39, 0.29) is 6.42 Å². The molecule has 1 aromatic rings. The molecule has 1 heterocycles. The van der Waals surface area contributed by atoms with Crippen LogP contribution < -0.4 is 0 Å². The topological polar surface area (TPSA) is 68.0 Å². The van der Waals surface area contributed by atoms with Crippen molar-refractivity contribution in [3.05, 3.63) is 46.8 Å². The maximum atomic E-state index is 10.6. The van der Waals surface area contributed by atoms with Gasteiger partial charge in [-0.1, -0.05) is 40.2 Å². The van der Waals surface area contributed by atoms with Crippen molar-refractivity contribution in [3.63, 3.8) is 0 Å². The molecule has 26 heavy (non-hydrogen) atoms. The maximum absolute atomic E-state index is 10.6. The molecule has 0 amide bonds. The van der Waals surface area contributed by atoms with Crippen LogP contribution in [0.15, 0.2) is 41.1 Å². The number of carbonyl (C=O) groups is 1. The largest absolute Gasteiger partial charge is 0.481 e. The standard InChI is InChI=1S/C21H33N3O2/c1-17(2)8-5-9-18(3)10-6-11-19(4)12-7-13-20-16-24(23-22-20)15-14-21(25)26/h8,10,12,16H,5-7,9,11,13-15H2,1-4H3,(H,25,26)/b18-10+,19-12+. The minimum absolute atomic E-state index is 0.0725. The molecule has 0 fully saturated rings.